The molecule has 96 valence electrons. The van der Waals surface area contributed by atoms with E-state index in [9.17, 15) is 9.59 Å². The van der Waals surface area contributed by atoms with Crippen molar-refractivity contribution in [1.29, 1.82) is 0 Å². The Morgan fingerprint density at radius 1 is 1.11 bits per heavy atom. The third-order valence-electron chi connectivity index (χ3n) is 3.13. The van der Waals surface area contributed by atoms with Gasteiger partial charge in [0.25, 0.3) is 11.8 Å². The largest absolute Gasteiger partial charge is 0.274 e. The van der Waals surface area contributed by atoms with Crippen LogP contribution in [0.25, 0.3) is 0 Å². The van der Waals surface area contributed by atoms with Crippen molar-refractivity contribution in [2.24, 2.45) is 0 Å². The van der Waals surface area contributed by atoms with Gasteiger partial charge < -0.3 is 0 Å². The van der Waals surface area contributed by atoms with Crippen LogP contribution in [0.1, 0.15) is 32.1 Å². The standard InChI is InChI=1S/C14H12N2O2S/c17-13-10-4-1-2-5-11(10)14(18)16(13)8-3-6-12-15-7-9-19-12/h1-2,4-5,7,9H,3,6,8H2. The number of rotatable bonds is 4. The molecule has 0 fully saturated rings. The Kier molecular flexibility index (Phi) is 3.13. The van der Waals surface area contributed by atoms with Crippen LogP contribution in [0.2, 0.25) is 0 Å². The zero-order valence-electron chi connectivity index (χ0n) is 10.2. The van der Waals surface area contributed by atoms with Gasteiger partial charge in [-0.25, -0.2) is 4.98 Å². The lowest BCUT2D eigenvalue weighted by molar-refractivity contribution is 0.0652. The van der Waals surface area contributed by atoms with Crippen molar-refractivity contribution >= 4 is 23.2 Å². The highest BCUT2D eigenvalue weighted by Crippen LogP contribution is 2.22. The number of fused-ring (bicyclic) bond motifs is 1. The van der Waals surface area contributed by atoms with E-state index < -0.39 is 0 Å². The lowest BCUT2D eigenvalue weighted by atomic mass is 10.1. The van der Waals surface area contributed by atoms with Gasteiger partial charge in [0.05, 0.1) is 16.1 Å². The molecule has 1 aliphatic rings. The lowest BCUT2D eigenvalue weighted by Crippen LogP contribution is -2.30. The first-order chi connectivity index (χ1) is 9.27. The molecule has 0 spiro atoms. The van der Waals surface area contributed by atoms with Gasteiger partial charge in [0, 0.05) is 24.5 Å². The third-order valence-corrected chi connectivity index (χ3v) is 3.97. The van der Waals surface area contributed by atoms with Gasteiger partial charge in [-0.1, -0.05) is 12.1 Å². The molecule has 4 nitrogen and oxygen atoms in total. The molecule has 0 atom stereocenters. The molecule has 0 radical (unpaired) electrons. The van der Waals surface area contributed by atoms with E-state index in [0.29, 0.717) is 17.7 Å². The highest BCUT2D eigenvalue weighted by atomic mass is 32.1. The molecular weight excluding hydrogens is 260 g/mol. The number of carbonyl (C=O) groups is 2. The quantitative estimate of drug-likeness (QED) is 0.803. The first-order valence-corrected chi connectivity index (χ1v) is 6.99. The fourth-order valence-electron chi connectivity index (χ4n) is 2.21. The van der Waals surface area contributed by atoms with Crippen LogP contribution < -0.4 is 0 Å². The average molecular weight is 272 g/mol. The van der Waals surface area contributed by atoms with E-state index in [4.69, 9.17) is 0 Å². The van der Waals surface area contributed by atoms with Crippen LogP contribution in [0, 0.1) is 0 Å². The van der Waals surface area contributed by atoms with Gasteiger partial charge in [0.15, 0.2) is 0 Å². The van der Waals surface area contributed by atoms with Gasteiger partial charge in [-0.05, 0) is 18.6 Å². The summed E-state index contributed by atoms with van der Waals surface area (Å²) in [5.74, 6) is -0.362. The number of amides is 2. The second-order valence-corrected chi connectivity index (χ2v) is 5.32. The topological polar surface area (TPSA) is 50.3 Å². The molecule has 2 aromatic rings. The number of nitrogens with zero attached hydrogens (tertiary/aromatic N) is 2. The van der Waals surface area contributed by atoms with Crippen LogP contribution in [-0.4, -0.2) is 28.2 Å². The maximum Gasteiger partial charge on any atom is 0.261 e. The van der Waals surface area contributed by atoms with Crippen molar-refractivity contribution in [2.75, 3.05) is 6.54 Å². The predicted octanol–water partition coefficient (Wildman–Crippen LogP) is 2.37. The molecule has 5 heteroatoms. The molecular formula is C14H12N2O2S. The highest BCUT2D eigenvalue weighted by molar-refractivity contribution is 7.09. The molecule has 2 heterocycles. The summed E-state index contributed by atoms with van der Waals surface area (Å²) in [6, 6.07) is 6.97. The summed E-state index contributed by atoms with van der Waals surface area (Å²) in [5, 5.41) is 2.97. The molecule has 19 heavy (non-hydrogen) atoms. The molecule has 1 aliphatic heterocycles. The van der Waals surface area contributed by atoms with Crippen molar-refractivity contribution in [3.05, 3.63) is 52.0 Å². The summed E-state index contributed by atoms with van der Waals surface area (Å²) in [6.45, 7) is 0.450. The molecule has 0 saturated carbocycles. The monoisotopic (exact) mass is 272 g/mol. The van der Waals surface area contributed by atoms with E-state index in [0.717, 1.165) is 17.8 Å². The summed E-state index contributed by atoms with van der Waals surface area (Å²) in [7, 11) is 0. The molecule has 3 rings (SSSR count). The summed E-state index contributed by atoms with van der Waals surface area (Å²) < 4.78 is 0. The van der Waals surface area contributed by atoms with E-state index in [1.165, 1.54) is 4.90 Å². The zero-order valence-corrected chi connectivity index (χ0v) is 11.0. The van der Waals surface area contributed by atoms with Crippen molar-refractivity contribution in [3.63, 3.8) is 0 Å². The van der Waals surface area contributed by atoms with Crippen LogP contribution in [0.4, 0.5) is 0 Å². The Labute approximate surface area is 114 Å². The maximum absolute atomic E-state index is 12.1. The molecule has 0 bridgehead atoms. The molecule has 2 amide bonds. The third kappa shape index (κ3) is 2.17. The number of hydrogen-bond donors (Lipinski definition) is 0. The highest BCUT2D eigenvalue weighted by Gasteiger charge is 2.34. The Balaban J connectivity index is 1.67. The first-order valence-electron chi connectivity index (χ1n) is 6.11. The molecule has 1 aromatic carbocycles. The van der Waals surface area contributed by atoms with Gasteiger partial charge in [-0.15, -0.1) is 11.3 Å². The second kappa shape index (κ2) is 4.93. The van der Waals surface area contributed by atoms with Crippen LogP contribution in [0.5, 0.6) is 0 Å². The van der Waals surface area contributed by atoms with Crippen molar-refractivity contribution in [3.8, 4) is 0 Å². The van der Waals surface area contributed by atoms with Gasteiger partial charge in [0.2, 0.25) is 0 Å². The van der Waals surface area contributed by atoms with Gasteiger partial charge in [0.1, 0.15) is 0 Å². The van der Waals surface area contributed by atoms with Crippen LogP contribution >= 0.6 is 11.3 Å². The Bertz CT molecular complexity index is 587. The van der Waals surface area contributed by atoms with E-state index in [1.54, 1.807) is 41.8 Å². The Hall–Kier alpha value is -2.01. The molecule has 0 saturated heterocycles. The lowest BCUT2D eigenvalue weighted by Gasteiger charge is -2.12. The number of aromatic nitrogens is 1. The molecule has 0 unspecified atom stereocenters. The van der Waals surface area contributed by atoms with E-state index in [1.807, 2.05) is 5.38 Å². The Morgan fingerprint density at radius 3 is 2.37 bits per heavy atom. The normalized spacial score (nSPS) is 14.0. The summed E-state index contributed by atoms with van der Waals surface area (Å²) in [6.07, 6.45) is 3.31. The van der Waals surface area contributed by atoms with Crippen LogP contribution in [0.3, 0.4) is 0 Å². The number of hydrogen-bond acceptors (Lipinski definition) is 4. The molecule has 0 aliphatic carbocycles. The van der Waals surface area contributed by atoms with Gasteiger partial charge in [-0.3, -0.25) is 14.5 Å². The van der Waals surface area contributed by atoms with E-state index in [2.05, 4.69) is 4.98 Å². The minimum atomic E-state index is -0.181. The van der Waals surface area contributed by atoms with E-state index >= 15 is 0 Å². The van der Waals surface area contributed by atoms with Gasteiger partial charge in [-0.2, -0.15) is 0 Å². The number of thiazole rings is 1. The molecule has 1 aromatic heterocycles. The fourth-order valence-corrected chi connectivity index (χ4v) is 2.87. The maximum atomic E-state index is 12.1. The SMILES string of the molecule is O=C1c2ccccc2C(=O)N1CCCc1nccs1. The second-order valence-electron chi connectivity index (χ2n) is 4.34. The van der Waals surface area contributed by atoms with E-state index in [-0.39, 0.29) is 11.8 Å². The zero-order chi connectivity index (χ0) is 13.2. The fraction of sp³-hybridized carbons (Fsp3) is 0.214. The number of imide groups is 1. The minimum absolute atomic E-state index is 0.181. The van der Waals surface area contributed by atoms with Crippen LogP contribution in [0.15, 0.2) is 35.8 Å². The van der Waals surface area contributed by atoms with Crippen molar-refractivity contribution in [2.45, 2.75) is 12.8 Å². The number of benzene rings is 1. The summed E-state index contributed by atoms with van der Waals surface area (Å²) in [4.78, 5) is 29.7. The number of aryl methyl sites for hydroxylation is 1. The summed E-state index contributed by atoms with van der Waals surface area (Å²) >= 11 is 1.59. The Morgan fingerprint density at radius 2 is 1.79 bits per heavy atom. The molecule has 0 N–H and O–H groups in total. The van der Waals surface area contributed by atoms with Crippen molar-refractivity contribution in [1.82, 2.24) is 9.88 Å². The number of carbonyl (C=O) groups excluding carboxylic acids is 2. The summed E-state index contributed by atoms with van der Waals surface area (Å²) in [5.41, 5.74) is 1.03. The first kappa shape index (κ1) is 12.0. The predicted molar refractivity (Wildman–Crippen MR) is 72.2 cm³/mol. The van der Waals surface area contributed by atoms with Gasteiger partial charge >= 0.3 is 0 Å². The minimum Gasteiger partial charge on any atom is -0.274 e. The average Bonchev–Trinajstić information content (AvgIpc) is 3.02. The van der Waals surface area contributed by atoms with Crippen molar-refractivity contribution < 1.29 is 9.59 Å². The van der Waals surface area contributed by atoms with Crippen LogP contribution in [-0.2, 0) is 6.42 Å². The smallest absolute Gasteiger partial charge is 0.261 e.